The fourth-order valence-corrected chi connectivity index (χ4v) is 0.995. The number of aliphatic imine (C=N–C) groups is 1. The highest BCUT2D eigenvalue weighted by Crippen LogP contribution is 2.23. The number of hydrogen-bond acceptors (Lipinski definition) is 1. The van der Waals surface area contributed by atoms with Crippen LogP contribution >= 0.6 is 0 Å². The van der Waals surface area contributed by atoms with E-state index in [1.807, 2.05) is 6.21 Å². The molecule has 0 unspecified atom stereocenters. The van der Waals surface area contributed by atoms with Crippen LogP contribution in [0.2, 0.25) is 0 Å². The molecule has 0 spiro atoms. The van der Waals surface area contributed by atoms with Gasteiger partial charge in [-0.2, -0.15) is 0 Å². The first-order valence-electron chi connectivity index (χ1n) is 3.38. The first-order valence-corrected chi connectivity index (χ1v) is 3.38. The largest absolute Gasteiger partial charge is 0.278 e. The summed E-state index contributed by atoms with van der Waals surface area (Å²) in [6.45, 7) is 10.9. The second kappa shape index (κ2) is 2.66. The second-order valence-electron chi connectivity index (χ2n) is 2.61. The summed E-state index contributed by atoms with van der Waals surface area (Å²) in [6.07, 6.45) is 2.54. The number of hydrogen-bond donors (Lipinski definition) is 0. The lowest BCUT2D eigenvalue weighted by Crippen LogP contribution is -1.89. The summed E-state index contributed by atoms with van der Waals surface area (Å²) in [7, 11) is 0. The highest BCUT2D eigenvalue weighted by molar-refractivity contribution is 5.68. The van der Waals surface area contributed by atoms with Gasteiger partial charge >= 0.3 is 0 Å². The Bertz CT molecular complexity index is 228. The minimum atomic E-state index is 0.392. The predicted molar refractivity (Wildman–Crippen MR) is 41.6 cm³/mol. The smallest absolute Gasteiger partial charge is 0.191 e. The van der Waals surface area contributed by atoms with Crippen LogP contribution in [0.5, 0.6) is 0 Å². The summed E-state index contributed by atoms with van der Waals surface area (Å²) in [5.74, 6) is 0.392. The van der Waals surface area contributed by atoms with Crippen molar-refractivity contribution in [1.29, 1.82) is 0 Å². The maximum absolute atomic E-state index is 6.81. The van der Waals surface area contributed by atoms with Gasteiger partial charge in [0.05, 0.1) is 6.57 Å². The van der Waals surface area contributed by atoms with Crippen molar-refractivity contribution in [2.45, 2.75) is 20.3 Å². The summed E-state index contributed by atoms with van der Waals surface area (Å²) < 4.78 is 0. The van der Waals surface area contributed by atoms with Crippen LogP contribution in [0.3, 0.4) is 0 Å². The Morgan fingerprint density at radius 1 is 1.70 bits per heavy atom. The molecule has 2 nitrogen and oxygen atoms in total. The molecule has 0 amide bonds. The SMILES string of the molecule is [C-]#[N+]C1=C(C(C)C)N=CC1. The van der Waals surface area contributed by atoms with E-state index in [1.165, 1.54) is 0 Å². The van der Waals surface area contributed by atoms with Gasteiger partial charge in [-0.1, -0.05) is 13.8 Å². The normalized spacial score (nSPS) is 16.6. The van der Waals surface area contributed by atoms with Crippen molar-refractivity contribution in [3.05, 3.63) is 22.8 Å². The van der Waals surface area contributed by atoms with E-state index in [0.717, 1.165) is 17.8 Å². The Balaban J connectivity index is 2.90. The topological polar surface area (TPSA) is 16.7 Å². The van der Waals surface area contributed by atoms with Crippen molar-refractivity contribution < 1.29 is 0 Å². The van der Waals surface area contributed by atoms with Crippen molar-refractivity contribution in [2.24, 2.45) is 10.9 Å². The van der Waals surface area contributed by atoms with E-state index in [-0.39, 0.29) is 0 Å². The molecule has 0 atom stereocenters. The molecule has 0 aromatic heterocycles. The molecule has 1 heterocycles. The molecular formula is C8H10N2. The first kappa shape index (κ1) is 7.01. The molecule has 0 radical (unpaired) electrons. The standard InChI is InChI=1S/C8H10N2/c1-6(2)8-7(9-3)4-5-10-8/h5-6H,4H2,1-2H3. The van der Waals surface area contributed by atoms with Gasteiger partial charge in [-0.05, 0) is 12.1 Å². The zero-order chi connectivity index (χ0) is 7.56. The van der Waals surface area contributed by atoms with E-state index in [4.69, 9.17) is 6.57 Å². The molecule has 1 rings (SSSR count). The number of allylic oxidation sites excluding steroid dienone is 2. The fraction of sp³-hybridized carbons (Fsp3) is 0.500. The molecule has 0 saturated carbocycles. The molecule has 0 aliphatic carbocycles. The lowest BCUT2D eigenvalue weighted by molar-refractivity contribution is 0.755. The van der Waals surface area contributed by atoms with Gasteiger partial charge in [0.2, 0.25) is 0 Å². The van der Waals surface area contributed by atoms with Gasteiger partial charge in [-0.25, -0.2) is 4.85 Å². The average molecular weight is 134 g/mol. The molecule has 0 fully saturated rings. The van der Waals surface area contributed by atoms with Crippen LogP contribution in [0.15, 0.2) is 16.4 Å². The minimum Gasteiger partial charge on any atom is -0.278 e. The van der Waals surface area contributed by atoms with E-state index in [9.17, 15) is 0 Å². The molecule has 0 aromatic rings. The Morgan fingerprint density at radius 2 is 2.40 bits per heavy atom. The molecule has 0 bridgehead atoms. The van der Waals surface area contributed by atoms with E-state index in [2.05, 4.69) is 23.7 Å². The van der Waals surface area contributed by atoms with E-state index in [0.29, 0.717) is 5.92 Å². The summed E-state index contributed by atoms with van der Waals surface area (Å²) in [6, 6.07) is 0. The Morgan fingerprint density at radius 3 is 2.80 bits per heavy atom. The fourth-order valence-electron chi connectivity index (χ4n) is 0.995. The first-order chi connectivity index (χ1) is 4.75. The van der Waals surface area contributed by atoms with Crippen LogP contribution in [0, 0.1) is 12.5 Å². The lowest BCUT2D eigenvalue weighted by atomic mass is 10.1. The molecule has 1 aliphatic heterocycles. The quantitative estimate of drug-likeness (QED) is 0.489. The average Bonchev–Trinajstić information content (AvgIpc) is 2.33. The molecule has 0 aromatic carbocycles. The van der Waals surface area contributed by atoms with Crippen LogP contribution < -0.4 is 0 Å². The summed E-state index contributed by atoms with van der Waals surface area (Å²) >= 11 is 0. The molecule has 2 heteroatoms. The maximum atomic E-state index is 6.81. The molecule has 0 N–H and O–H groups in total. The van der Waals surface area contributed by atoms with Gasteiger partial charge in [-0.15, -0.1) is 0 Å². The van der Waals surface area contributed by atoms with Crippen molar-refractivity contribution in [3.63, 3.8) is 0 Å². The van der Waals surface area contributed by atoms with Gasteiger partial charge in [0.25, 0.3) is 0 Å². The third-order valence-electron chi connectivity index (χ3n) is 1.49. The van der Waals surface area contributed by atoms with Gasteiger partial charge < -0.3 is 0 Å². The van der Waals surface area contributed by atoms with Crippen molar-refractivity contribution in [1.82, 2.24) is 0 Å². The number of nitrogens with zero attached hydrogens (tertiary/aromatic N) is 2. The molecular weight excluding hydrogens is 124 g/mol. The van der Waals surface area contributed by atoms with E-state index < -0.39 is 0 Å². The van der Waals surface area contributed by atoms with Crippen molar-refractivity contribution >= 4 is 6.21 Å². The Kier molecular flexibility index (Phi) is 1.86. The predicted octanol–water partition coefficient (Wildman–Crippen LogP) is 2.25. The highest BCUT2D eigenvalue weighted by atomic mass is 14.8. The number of rotatable bonds is 1. The molecule has 52 valence electrons. The van der Waals surface area contributed by atoms with Crippen LogP contribution in [0.4, 0.5) is 0 Å². The van der Waals surface area contributed by atoms with Crippen LogP contribution in [0.1, 0.15) is 20.3 Å². The lowest BCUT2D eigenvalue weighted by Gasteiger charge is -2.01. The third kappa shape index (κ3) is 1.08. The molecule has 0 saturated heterocycles. The highest BCUT2D eigenvalue weighted by Gasteiger charge is 2.12. The van der Waals surface area contributed by atoms with Crippen molar-refractivity contribution in [2.75, 3.05) is 0 Å². The Labute approximate surface area is 61.1 Å². The van der Waals surface area contributed by atoms with Gasteiger partial charge in [-0.3, -0.25) is 4.99 Å². The van der Waals surface area contributed by atoms with E-state index >= 15 is 0 Å². The van der Waals surface area contributed by atoms with Gasteiger partial charge in [0, 0.05) is 12.1 Å². The minimum absolute atomic E-state index is 0.392. The summed E-state index contributed by atoms with van der Waals surface area (Å²) in [4.78, 5) is 7.52. The monoisotopic (exact) mass is 134 g/mol. The third-order valence-corrected chi connectivity index (χ3v) is 1.49. The van der Waals surface area contributed by atoms with Crippen molar-refractivity contribution in [3.8, 4) is 0 Å². The van der Waals surface area contributed by atoms with Gasteiger partial charge in [0.15, 0.2) is 5.70 Å². The second-order valence-corrected chi connectivity index (χ2v) is 2.61. The maximum Gasteiger partial charge on any atom is 0.191 e. The molecule has 1 aliphatic rings. The summed E-state index contributed by atoms with van der Waals surface area (Å²) in [5, 5.41) is 0. The van der Waals surface area contributed by atoms with E-state index in [1.54, 1.807) is 0 Å². The zero-order valence-electron chi connectivity index (χ0n) is 6.26. The van der Waals surface area contributed by atoms with Crippen LogP contribution in [-0.4, -0.2) is 6.21 Å². The zero-order valence-corrected chi connectivity index (χ0v) is 6.26. The van der Waals surface area contributed by atoms with Crippen LogP contribution in [-0.2, 0) is 0 Å². The summed E-state index contributed by atoms with van der Waals surface area (Å²) in [5.41, 5.74) is 1.78. The van der Waals surface area contributed by atoms with Gasteiger partial charge in [0.1, 0.15) is 0 Å². The van der Waals surface area contributed by atoms with Crippen LogP contribution in [0.25, 0.3) is 4.85 Å². The Hall–Kier alpha value is -1.10. The molecule has 10 heavy (non-hydrogen) atoms.